The smallest absolute Gasteiger partial charge is 0.413 e. The number of allylic oxidation sites excluding steroid dienone is 2. The van der Waals surface area contributed by atoms with E-state index >= 15 is 0 Å². The highest BCUT2D eigenvalue weighted by molar-refractivity contribution is 5.71. The second kappa shape index (κ2) is 7.69. The minimum absolute atomic E-state index is 0.0554. The van der Waals surface area contributed by atoms with E-state index in [1.165, 1.54) is 7.11 Å². The highest BCUT2D eigenvalue weighted by Gasteiger charge is 2.21. The third-order valence-electron chi connectivity index (χ3n) is 3.57. The van der Waals surface area contributed by atoms with Crippen LogP contribution < -0.4 is 20.5 Å². The van der Waals surface area contributed by atoms with Crippen molar-refractivity contribution in [1.82, 2.24) is 5.32 Å². The summed E-state index contributed by atoms with van der Waals surface area (Å²) in [5.74, 6) is 0.925. The van der Waals surface area contributed by atoms with Gasteiger partial charge >= 0.3 is 6.09 Å². The third-order valence-corrected chi connectivity index (χ3v) is 3.57. The van der Waals surface area contributed by atoms with Gasteiger partial charge in [-0.1, -0.05) is 24.3 Å². The monoisotopic (exact) mass is 290 g/mol. The lowest BCUT2D eigenvalue weighted by atomic mass is 9.96. The molecule has 0 spiro atoms. The number of carbonyl (C=O) groups excluding carboxylic acids is 1. The Bertz CT molecular complexity index is 502. The predicted octanol–water partition coefficient (Wildman–Crippen LogP) is 2.61. The van der Waals surface area contributed by atoms with Crippen molar-refractivity contribution in [3.05, 3.63) is 36.4 Å². The van der Waals surface area contributed by atoms with Crippen LogP contribution in [0.25, 0.3) is 0 Å². The molecule has 1 aliphatic rings. The van der Waals surface area contributed by atoms with Gasteiger partial charge in [0.05, 0.1) is 7.11 Å². The normalized spacial score (nSPS) is 23.5. The Morgan fingerprint density at radius 1 is 1.19 bits per heavy atom. The maximum absolute atomic E-state index is 12.0. The maximum Gasteiger partial charge on any atom is 0.413 e. The zero-order chi connectivity index (χ0) is 15.1. The number of nitrogens with one attached hydrogen (secondary N) is 1. The molecule has 0 bridgehead atoms. The first-order valence-electron chi connectivity index (χ1n) is 7.22. The Hall–Kier alpha value is -2.01. The molecule has 1 amide bonds. The molecule has 0 aromatic heterocycles. The number of hydrogen-bond donors (Lipinski definition) is 2. The summed E-state index contributed by atoms with van der Waals surface area (Å²) in [6.07, 6.45) is 7.31. The molecule has 0 saturated heterocycles. The summed E-state index contributed by atoms with van der Waals surface area (Å²) in [5.41, 5.74) is 6.12. The van der Waals surface area contributed by atoms with Crippen molar-refractivity contribution >= 4 is 6.09 Å². The highest BCUT2D eigenvalue weighted by atomic mass is 16.6. The average Bonchev–Trinajstić information content (AvgIpc) is 2.47. The molecule has 0 saturated carbocycles. The largest absolute Gasteiger partial charge is 0.493 e. The summed E-state index contributed by atoms with van der Waals surface area (Å²) in [4.78, 5) is 12.0. The van der Waals surface area contributed by atoms with Crippen LogP contribution in [0, 0.1) is 0 Å². The molecule has 1 aromatic rings. The van der Waals surface area contributed by atoms with Crippen molar-refractivity contribution in [3.63, 3.8) is 0 Å². The van der Waals surface area contributed by atoms with Gasteiger partial charge in [0.2, 0.25) is 0 Å². The first kappa shape index (κ1) is 15.4. The predicted molar refractivity (Wildman–Crippen MR) is 81.5 cm³/mol. The van der Waals surface area contributed by atoms with Crippen LogP contribution in [0.5, 0.6) is 11.5 Å². The lowest BCUT2D eigenvalue weighted by molar-refractivity contribution is 0.190. The fourth-order valence-electron chi connectivity index (χ4n) is 2.38. The zero-order valence-corrected chi connectivity index (χ0v) is 12.2. The number of rotatable bonds is 3. The molecular formula is C16H22N2O3. The number of para-hydroxylation sites is 2. The minimum Gasteiger partial charge on any atom is -0.493 e. The van der Waals surface area contributed by atoms with Gasteiger partial charge in [0.25, 0.3) is 0 Å². The molecule has 1 aromatic carbocycles. The topological polar surface area (TPSA) is 73.6 Å². The molecule has 21 heavy (non-hydrogen) atoms. The molecule has 0 unspecified atom stereocenters. The molecule has 5 heteroatoms. The zero-order valence-electron chi connectivity index (χ0n) is 12.2. The number of benzene rings is 1. The Labute approximate surface area is 125 Å². The summed E-state index contributed by atoms with van der Waals surface area (Å²) < 4.78 is 10.5. The SMILES string of the molecule is COc1ccccc1OC(=O)N[C@@H]1CC/C=C/CC[C@@H]1N. The van der Waals surface area contributed by atoms with Gasteiger partial charge in [-0.25, -0.2) is 4.79 Å². The van der Waals surface area contributed by atoms with Gasteiger partial charge in [-0.05, 0) is 37.8 Å². The van der Waals surface area contributed by atoms with Crippen LogP contribution in [0.3, 0.4) is 0 Å². The van der Waals surface area contributed by atoms with Crippen LogP contribution in [0.15, 0.2) is 36.4 Å². The van der Waals surface area contributed by atoms with Crippen molar-refractivity contribution in [1.29, 1.82) is 0 Å². The Morgan fingerprint density at radius 3 is 2.57 bits per heavy atom. The van der Waals surface area contributed by atoms with Gasteiger partial charge < -0.3 is 20.5 Å². The van der Waals surface area contributed by atoms with Gasteiger partial charge in [0, 0.05) is 12.1 Å². The first-order chi connectivity index (χ1) is 10.2. The first-order valence-corrected chi connectivity index (χ1v) is 7.22. The van der Waals surface area contributed by atoms with Crippen molar-refractivity contribution in [2.75, 3.05) is 7.11 Å². The van der Waals surface area contributed by atoms with Crippen LogP contribution >= 0.6 is 0 Å². The molecule has 2 atom stereocenters. The molecule has 0 fully saturated rings. The van der Waals surface area contributed by atoms with Gasteiger partial charge in [-0.2, -0.15) is 0 Å². The Balaban J connectivity index is 1.95. The summed E-state index contributed by atoms with van der Waals surface area (Å²) >= 11 is 0. The third kappa shape index (κ3) is 4.49. The van der Waals surface area contributed by atoms with E-state index in [1.54, 1.807) is 18.2 Å². The number of ether oxygens (including phenoxy) is 2. The van der Waals surface area contributed by atoms with E-state index in [0.29, 0.717) is 11.5 Å². The van der Waals surface area contributed by atoms with Gasteiger partial charge in [-0.3, -0.25) is 0 Å². The molecule has 0 radical (unpaired) electrons. The van der Waals surface area contributed by atoms with Crippen LogP contribution in [-0.2, 0) is 0 Å². The van der Waals surface area contributed by atoms with Crippen molar-refractivity contribution in [3.8, 4) is 11.5 Å². The van der Waals surface area contributed by atoms with E-state index in [0.717, 1.165) is 25.7 Å². The van der Waals surface area contributed by atoms with E-state index < -0.39 is 6.09 Å². The second-order valence-corrected chi connectivity index (χ2v) is 5.08. The molecule has 1 aliphatic carbocycles. The van der Waals surface area contributed by atoms with Gasteiger partial charge in [0.1, 0.15) is 0 Å². The number of amides is 1. The van der Waals surface area contributed by atoms with E-state index in [-0.39, 0.29) is 12.1 Å². The van der Waals surface area contributed by atoms with Crippen LogP contribution in [0.2, 0.25) is 0 Å². The minimum atomic E-state index is -0.496. The Kier molecular flexibility index (Phi) is 5.63. The Morgan fingerprint density at radius 2 is 1.86 bits per heavy atom. The van der Waals surface area contributed by atoms with E-state index in [4.69, 9.17) is 15.2 Å². The summed E-state index contributed by atoms with van der Waals surface area (Å²) in [6, 6.07) is 6.92. The molecule has 114 valence electrons. The van der Waals surface area contributed by atoms with Crippen LogP contribution in [-0.4, -0.2) is 25.3 Å². The molecule has 2 rings (SSSR count). The maximum atomic E-state index is 12.0. The number of nitrogens with two attached hydrogens (primary N) is 1. The van der Waals surface area contributed by atoms with Gasteiger partial charge in [-0.15, -0.1) is 0 Å². The fraction of sp³-hybridized carbons (Fsp3) is 0.438. The number of carbonyl (C=O) groups is 1. The van der Waals surface area contributed by atoms with E-state index in [9.17, 15) is 4.79 Å². The van der Waals surface area contributed by atoms with E-state index in [1.807, 2.05) is 6.07 Å². The van der Waals surface area contributed by atoms with E-state index in [2.05, 4.69) is 17.5 Å². The van der Waals surface area contributed by atoms with Crippen LogP contribution in [0.1, 0.15) is 25.7 Å². The summed E-state index contributed by atoms with van der Waals surface area (Å²) in [7, 11) is 1.54. The molecule has 5 nitrogen and oxygen atoms in total. The second-order valence-electron chi connectivity index (χ2n) is 5.08. The van der Waals surface area contributed by atoms with Gasteiger partial charge in [0.15, 0.2) is 11.5 Å². The van der Waals surface area contributed by atoms with Crippen molar-refractivity contribution in [2.45, 2.75) is 37.8 Å². The lowest BCUT2D eigenvalue weighted by Gasteiger charge is -2.25. The molecule has 0 heterocycles. The molecule has 0 aliphatic heterocycles. The highest BCUT2D eigenvalue weighted by Crippen LogP contribution is 2.25. The quantitative estimate of drug-likeness (QED) is 0.839. The summed E-state index contributed by atoms with van der Waals surface area (Å²) in [6.45, 7) is 0. The number of hydrogen-bond acceptors (Lipinski definition) is 4. The lowest BCUT2D eigenvalue weighted by Crippen LogP contribution is -2.48. The molecule has 3 N–H and O–H groups in total. The standard InChI is InChI=1S/C16H22N2O3/c1-20-14-10-6-7-11-15(14)21-16(19)18-13-9-5-3-2-4-8-12(13)17/h2-3,6-7,10-13H,4-5,8-9,17H2,1H3,(H,18,19)/b3-2+/t12-,13+/m0/s1. The molecular weight excluding hydrogens is 268 g/mol. The number of methoxy groups -OCH3 is 1. The van der Waals surface area contributed by atoms with Crippen LogP contribution in [0.4, 0.5) is 4.79 Å². The average molecular weight is 290 g/mol. The fourth-order valence-corrected chi connectivity index (χ4v) is 2.38. The summed E-state index contributed by atoms with van der Waals surface area (Å²) in [5, 5.41) is 2.86. The van der Waals surface area contributed by atoms with Crippen molar-refractivity contribution in [2.24, 2.45) is 5.73 Å². The van der Waals surface area contributed by atoms with Crippen molar-refractivity contribution < 1.29 is 14.3 Å².